The third-order valence-corrected chi connectivity index (χ3v) is 8.84. The third-order valence-electron chi connectivity index (χ3n) is 6.14. The van der Waals surface area contributed by atoms with E-state index in [-0.39, 0.29) is 15.8 Å². The van der Waals surface area contributed by atoms with Gasteiger partial charge in [0.25, 0.3) is 10.0 Å². The molecule has 0 fully saturated rings. The molecule has 1 N–H and O–H groups in total. The van der Waals surface area contributed by atoms with Crippen LogP contribution in [0.4, 0.5) is 11.4 Å². The van der Waals surface area contributed by atoms with Crippen molar-refractivity contribution in [2.45, 2.75) is 24.8 Å². The van der Waals surface area contributed by atoms with E-state index in [4.69, 9.17) is 4.74 Å². The lowest BCUT2D eigenvalue weighted by atomic mass is 10.2. The standard InChI is InChI=1S/C30H27N3O5S2/c1-21(2)33-27-18-13-22(19-28(27)39-30(33)35)31-29(34)20-32(40(36,37)26-11-7-4-8-12-26)23-14-16-25(17-15-23)38-24-9-5-3-6-10-24/h3-19,21H,20H2,1-2H3,(H,31,34). The smallest absolute Gasteiger partial charge is 0.308 e. The molecule has 8 nitrogen and oxygen atoms in total. The van der Waals surface area contributed by atoms with Crippen LogP contribution in [0.25, 0.3) is 10.2 Å². The van der Waals surface area contributed by atoms with Gasteiger partial charge in [0.2, 0.25) is 5.91 Å². The minimum Gasteiger partial charge on any atom is -0.457 e. The molecule has 0 aliphatic carbocycles. The number of hydrogen-bond donors (Lipinski definition) is 1. The minimum atomic E-state index is -4.07. The average Bonchev–Trinajstić information content (AvgIpc) is 3.28. The quantitative estimate of drug-likeness (QED) is 0.224. The van der Waals surface area contributed by atoms with E-state index in [0.717, 1.165) is 25.9 Å². The molecule has 0 spiro atoms. The normalized spacial score (nSPS) is 11.5. The topological polar surface area (TPSA) is 97.7 Å². The molecule has 0 saturated heterocycles. The number of nitrogens with zero attached hydrogens (tertiary/aromatic N) is 2. The van der Waals surface area contributed by atoms with Crippen LogP contribution in [0.5, 0.6) is 11.5 Å². The maximum atomic E-state index is 13.7. The second-order valence-electron chi connectivity index (χ2n) is 9.30. The van der Waals surface area contributed by atoms with Crippen molar-refractivity contribution in [2.24, 2.45) is 0 Å². The van der Waals surface area contributed by atoms with Gasteiger partial charge >= 0.3 is 4.87 Å². The highest BCUT2D eigenvalue weighted by atomic mass is 32.2. The monoisotopic (exact) mass is 573 g/mol. The first kappa shape index (κ1) is 27.2. The molecule has 4 aromatic carbocycles. The van der Waals surface area contributed by atoms with Crippen molar-refractivity contribution < 1.29 is 17.9 Å². The highest BCUT2D eigenvalue weighted by molar-refractivity contribution is 7.92. The number of carbonyl (C=O) groups excluding carboxylic acids is 1. The van der Waals surface area contributed by atoms with Crippen molar-refractivity contribution in [1.29, 1.82) is 0 Å². The van der Waals surface area contributed by atoms with Crippen molar-refractivity contribution in [2.75, 3.05) is 16.2 Å². The Morgan fingerprint density at radius 3 is 2.17 bits per heavy atom. The third kappa shape index (κ3) is 5.78. The van der Waals surface area contributed by atoms with Crippen LogP contribution in [-0.2, 0) is 14.8 Å². The van der Waals surface area contributed by atoms with Gasteiger partial charge < -0.3 is 10.1 Å². The second kappa shape index (κ2) is 11.4. The zero-order valence-corrected chi connectivity index (χ0v) is 23.5. The fourth-order valence-corrected chi connectivity index (χ4v) is 6.77. The van der Waals surface area contributed by atoms with E-state index in [9.17, 15) is 18.0 Å². The molecule has 0 atom stereocenters. The lowest BCUT2D eigenvalue weighted by Gasteiger charge is -2.24. The summed E-state index contributed by atoms with van der Waals surface area (Å²) < 4.78 is 36.6. The number of para-hydroxylation sites is 1. The van der Waals surface area contributed by atoms with E-state index in [1.165, 1.54) is 12.1 Å². The Labute approximate surface area is 236 Å². The molecule has 1 aromatic heterocycles. The van der Waals surface area contributed by atoms with Gasteiger partial charge in [0, 0.05) is 11.7 Å². The fourth-order valence-electron chi connectivity index (χ4n) is 4.27. The maximum Gasteiger partial charge on any atom is 0.308 e. The fraction of sp³-hybridized carbons (Fsp3) is 0.133. The van der Waals surface area contributed by atoms with E-state index in [1.54, 1.807) is 65.2 Å². The van der Waals surface area contributed by atoms with Gasteiger partial charge in [-0.15, -0.1) is 0 Å². The molecule has 5 rings (SSSR count). The lowest BCUT2D eigenvalue weighted by molar-refractivity contribution is -0.114. The summed E-state index contributed by atoms with van der Waals surface area (Å²) in [4.78, 5) is 25.6. The van der Waals surface area contributed by atoms with Crippen LogP contribution in [0.15, 0.2) is 113 Å². The van der Waals surface area contributed by atoms with Gasteiger partial charge in [-0.05, 0) is 80.6 Å². The number of hydrogen-bond acceptors (Lipinski definition) is 6. The van der Waals surface area contributed by atoms with Gasteiger partial charge in [0.15, 0.2) is 0 Å². The van der Waals surface area contributed by atoms with Gasteiger partial charge in [-0.25, -0.2) is 8.42 Å². The van der Waals surface area contributed by atoms with E-state index in [2.05, 4.69) is 5.32 Å². The largest absolute Gasteiger partial charge is 0.457 e. The van der Waals surface area contributed by atoms with Crippen LogP contribution in [0, 0.1) is 0 Å². The predicted molar refractivity (Wildman–Crippen MR) is 159 cm³/mol. The van der Waals surface area contributed by atoms with Crippen molar-refractivity contribution in [3.05, 3.63) is 113 Å². The van der Waals surface area contributed by atoms with Crippen molar-refractivity contribution >= 4 is 48.9 Å². The number of sulfonamides is 1. The van der Waals surface area contributed by atoms with Crippen molar-refractivity contribution in [1.82, 2.24) is 4.57 Å². The number of benzene rings is 4. The Bertz CT molecular complexity index is 1800. The zero-order chi connectivity index (χ0) is 28.3. The van der Waals surface area contributed by atoms with Crippen LogP contribution in [0.3, 0.4) is 0 Å². The Morgan fingerprint density at radius 1 is 0.900 bits per heavy atom. The van der Waals surface area contributed by atoms with Crippen LogP contribution in [0.2, 0.25) is 0 Å². The zero-order valence-electron chi connectivity index (χ0n) is 21.9. The summed E-state index contributed by atoms with van der Waals surface area (Å²) in [5.74, 6) is 0.644. The molecule has 0 unspecified atom stereocenters. The number of anilines is 2. The molecule has 40 heavy (non-hydrogen) atoms. The summed E-state index contributed by atoms with van der Waals surface area (Å²) in [5, 5.41) is 2.79. The van der Waals surface area contributed by atoms with E-state index in [1.807, 2.05) is 44.2 Å². The Kier molecular flexibility index (Phi) is 7.72. The summed E-state index contributed by atoms with van der Waals surface area (Å²) in [6.07, 6.45) is 0. The SMILES string of the molecule is CC(C)n1c(=O)sc2cc(NC(=O)CN(c3ccc(Oc4ccccc4)cc3)S(=O)(=O)c3ccccc3)ccc21. The first-order valence-electron chi connectivity index (χ1n) is 12.6. The summed E-state index contributed by atoms with van der Waals surface area (Å²) in [6.45, 7) is 3.41. The summed E-state index contributed by atoms with van der Waals surface area (Å²) in [6, 6.07) is 28.9. The first-order chi connectivity index (χ1) is 19.2. The highest BCUT2D eigenvalue weighted by Gasteiger charge is 2.27. The van der Waals surface area contributed by atoms with Crippen LogP contribution in [0.1, 0.15) is 19.9 Å². The minimum absolute atomic E-state index is 0.00271. The number of ether oxygens (including phenoxy) is 1. The molecule has 0 aliphatic heterocycles. The summed E-state index contributed by atoms with van der Waals surface area (Å²) in [7, 11) is -4.07. The Balaban J connectivity index is 1.42. The molecule has 0 saturated carbocycles. The highest BCUT2D eigenvalue weighted by Crippen LogP contribution is 2.29. The Morgan fingerprint density at radius 2 is 1.52 bits per heavy atom. The molecule has 5 aromatic rings. The van der Waals surface area contributed by atoms with E-state index < -0.39 is 22.5 Å². The molecular weight excluding hydrogens is 546 g/mol. The van der Waals surface area contributed by atoms with Crippen molar-refractivity contribution in [3.63, 3.8) is 0 Å². The number of thiazole rings is 1. The molecule has 0 bridgehead atoms. The van der Waals surface area contributed by atoms with Crippen LogP contribution < -0.4 is 19.2 Å². The van der Waals surface area contributed by atoms with Gasteiger partial charge in [0.1, 0.15) is 18.0 Å². The predicted octanol–water partition coefficient (Wildman–Crippen LogP) is 6.27. The van der Waals surface area contributed by atoms with Crippen LogP contribution >= 0.6 is 11.3 Å². The van der Waals surface area contributed by atoms with Gasteiger partial charge in [0.05, 0.1) is 20.8 Å². The second-order valence-corrected chi connectivity index (χ2v) is 12.2. The molecule has 0 radical (unpaired) electrons. The van der Waals surface area contributed by atoms with E-state index >= 15 is 0 Å². The Hall–Kier alpha value is -4.41. The molecular formula is C30H27N3O5S2. The number of rotatable bonds is 9. The van der Waals surface area contributed by atoms with Gasteiger partial charge in [-0.1, -0.05) is 47.7 Å². The molecule has 1 heterocycles. The average molecular weight is 574 g/mol. The number of aromatic nitrogens is 1. The number of carbonyl (C=O) groups is 1. The molecule has 1 amide bonds. The van der Waals surface area contributed by atoms with Gasteiger partial charge in [-0.3, -0.25) is 18.5 Å². The first-order valence-corrected chi connectivity index (χ1v) is 14.8. The van der Waals surface area contributed by atoms with Crippen molar-refractivity contribution in [3.8, 4) is 11.5 Å². The van der Waals surface area contributed by atoms with Crippen LogP contribution in [-0.4, -0.2) is 25.4 Å². The molecule has 10 heteroatoms. The molecule has 204 valence electrons. The number of amides is 1. The number of fused-ring (bicyclic) bond motifs is 1. The summed E-state index contributed by atoms with van der Waals surface area (Å²) >= 11 is 1.10. The lowest BCUT2D eigenvalue weighted by Crippen LogP contribution is -2.38. The molecule has 0 aliphatic rings. The number of nitrogens with one attached hydrogen (secondary N) is 1. The summed E-state index contributed by atoms with van der Waals surface area (Å²) in [5.41, 5.74) is 1.56. The van der Waals surface area contributed by atoms with E-state index in [0.29, 0.717) is 22.9 Å². The van der Waals surface area contributed by atoms with Gasteiger partial charge in [-0.2, -0.15) is 0 Å². The maximum absolute atomic E-state index is 13.7.